The molecule has 7 nitrogen and oxygen atoms in total. The Bertz CT molecular complexity index is 988. The van der Waals surface area contributed by atoms with Crippen molar-refractivity contribution < 1.29 is 27.4 Å². The van der Waals surface area contributed by atoms with Gasteiger partial charge in [-0.3, -0.25) is 0 Å². The minimum Gasteiger partial charge on any atom is -0.496 e. The molecular weight excluding hydrogens is 450 g/mol. The van der Waals surface area contributed by atoms with Gasteiger partial charge in [-0.1, -0.05) is 6.07 Å². The molecule has 150 valence electrons. The van der Waals surface area contributed by atoms with Crippen LogP contribution in [0.3, 0.4) is 0 Å². The monoisotopic (exact) mass is 469 g/mol. The van der Waals surface area contributed by atoms with E-state index in [1.54, 1.807) is 25.3 Å². The molecule has 1 aliphatic rings. The van der Waals surface area contributed by atoms with Crippen molar-refractivity contribution in [2.45, 2.75) is 30.4 Å². The molecule has 2 aromatic rings. The van der Waals surface area contributed by atoms with Crippen LogP contribution in [0.15, 0.2) is 45.8 Å². The zero-order valence-corrected chi connectivity index (χ0v) is 17.8. The number of carbonyl (C=O) groups excluding carboxylic acids is 1. The predicted octanol–water partition coefficient (Wildman–Crippen LogP) is 3.26. The van der Waals surface area contributed by atoms with Crippen LogP contribution in [0.4, 0.5) is 0 Å². The molecule has 0 unspecified atom stereocenters. The average molecular weight is 470 g/mol. The molecule has 1 fully saturated rings. The first-order valence-electron chi connectivity index (χ1n) is 8.54. The first kappa shape index (κ1) is 20.6. The first-order valence-corrected chi connectivity index (χ1v) is 10.8. The number of nitrogens with one attached hydrogen (secondary N) is 1. The van der Waals surface area contributed by atoms with Gasteiger partial charge in [-0.2, -0.15) is 0 Å². The third kappa shape index (κ3) is 4.84. The molecule has 0 saturated heterocycles. The Labute approximate surface area is 172 Å². The maximum atomic E-state index is 12.6. The second-order valence-corrected chi connectivity index (χ2v) is 8.84. The summed E-state index contributed by atoms with van der Waals surface area (Å²) in [5, 5.41) is 0. The lowest BCUT2D eigenvalue weighted by Crippen LogP contribution is -2.26. The van der Waals surface area contributed by atoms with Gasteiger partial charge in [0.1, 0.15) is 23.0 Å². The van der Waals surface area contributed by atoms with Crippen LogP contribution in [0.25, 0.3) is 0 Å². The molecule has 9 heteroatoms. The van der Waals surface area contributed by atoms with Crippen LogP contribution in [0.1, 0.15) is 28.8 Å². The highest BCUT2D eigenvalue weighted by Crippen LogP contribution is 2.29. The molecule has 1 N–H and O–H groups in total. The molecule has 3 rings (SSSR count). The third-order valence-electron chi connectivity index (χ3n) is 4.17. The summed E-state index contributed by atoms with van der Waals surface area (Å²) in [6.45, 7) is 0.0376. The molecule has 0 bridgehead atoms. The van der Waals surface area contributed by atoms with Gasteiger partial charge in [0.2, 0.25) is 10.0 Å². The second-order valence-electron chi connectivity index (χ2n) is 6.31. The number of sulfonamides is 1. The zero-order chi connectivity index (χ0) is 20.3. The SMILES string of the molecule is COc1ccc(COC(=O)c2ccc(OC)c(S(=O)(=O)NC3CC3)c2)cc1Br. The van der Waals surface area contributed by atoms with Crippen molar-refractivity contribution in [2.24, 2.45) is 0 Å². The Morgan fingerprint density at radius 3 is 2.39 bits per heavy atom. The van der Waals surface area contributed by atoms with E-state index >= 15 is 0 Å². The first-order chi connectivity index (χ1) is 13.3. The number of methoxy groups -OCH3 is 2. The van der Waals surface area contributed by atoms with Crippen LogP contribution in [-0.2, 0) is 21.4 Å². The molecule has 0 radical (unpaired) electrons. The van der Waals surface area contributed by atoms with Crippen molar-refractivity contribution in [1.29, 1.82) is 0 Å². The number of benzene rings is 2. The second kappa shape index (κ2) is 8.50. The van der Waals surface area contributed by atoms with E-state index in [0.717, 1.165) is 22.9 Å². The molecular formula is C19H20BrNO6S. The van der Waals surface area contributed by atoms with Crippen LogP contribution in [-0.4, -0.2) is 34.6 Å². The maximum absolute atomic E-state index is 12.6. The van der Waals surface area contributed by atoms with Gasteiger partial charge in [0.25, 0.3) is 0 Å². The molecule has 2 aromatic carbocycles. The van der Waals surface area contributed by atoms with Gasteiger partial charge >= 0.3 is 5.97 Å². The number of hydrogen-bond acceptors (Lipinski definition) is 6. The Morgan fingerprint density at radius 1 is 1.11 bits per heavy atom. The molecule has 28 heavy (non-hydrogen) atoms. The van der Waals surface area contributed by atoms with E-state index in [0.29, 0.717) is 5.75 Å². The average Bonchev–Trinajstić information content (AvgIpc) is 3.49. The van der Waals surface area contributed by atoms with E-state index < -0.39 is 16.0 Å². The summed E-state index contributed by atoms with van der Waals surface area (Å²) < 4.78 is 44.1. The molecule has 0 atom stereocenters. The predicted molar refractivity (Wildman–Crippen MR) is 106 cm³/mol. The Hall–Kier alpha value is -2.10. The van der Waals surface area contributed by atoms with Crippen molar-refractivity contribution >= 4 is 31.9 Å². The molecule has 0 heterocycles. The zero-order valence-electron chi connectivity index (χ0n) is 15.4. The Kier molecular flexibility index (Phi) is 6.26. The molecule has 0 spiro atoms. The Morgan fingerprint density at radius 2 is 1.79 bits per heavy atom. The number of rotatable bonds is 8. The number of carbonyl (C=O) groups is 1. The van der Waals surface area contributed by atoms with Gasteiger partial charge < -0.3 is 14.2 Å². The van der Waals surface area contributed by atoms with Crippen molar-refractivity contribution in [1.82, 2.24) is 4.72 Å². The van der Waals surface area contributed by atoms with Gasteiger partial charge in [0.15, 0.2) is 0 Å². The van der Waals surface area contributed by atoms with Crippen molar-refractivity contribution in [3.05, 3.63) is 52.0 Å². The third-order valence-corrected chi connectivity index (χ3v) is 6.34. The number of halogens is 1. The Balaban J connectivity index is 1.76. The van der Waals surface area contributed by atoms with E-state index in [2.05, 4.69) is 20.7 Å². The summed E-state index contributed by atoms with van der Waals surface area (Å²) in [4.78, 5) is 12.3. The quantitative estimate of drug-likeness (QED) is 0.596. The van der Waals surface area contributed by atoms with Gasteiger partial charge in [-0.05, 0) is 64.7 Å². The molecule has 1 aliphatic carbocycles. The van der Waals surface area contributed by atoms with Crippen LogP contribution in [0.5, 0.6) is 11.5 Å². The summed E-state index contributed by atoms with van der Waals surface area (Å²) in [7, 11) is -0.836. The number of ether oxygens (including phenoxy) is 3. The highest BCUT2D eigenvalue weighted by molar-refractivity contribution is 9.10. The largest absolute Gasteiger partial charge is 0.496 e. The van der Waals surface area contributed by atoms with Gasteiger partial charge in [-0.25, -0.2) is 17.9 Å². The summed E-state index contributed by atoms with van der Waals surface area (Å²) in [6.07, 6.45) is 1.61. The van der Waals surface area contributed by atoms with E-state index in [4.69, 9.17) is 14.2 Å². The lowest BCUT2D eigenvalue weighted by molar-refractivity contribution is 0.0472. The maximum Gasteiger partial charge on any atom is 0.338 e. The van der Waals surface area contributed by atoms with Crippen molar-refractivity contribution in [2.75, 3.05) is 14.2 Å². The van der Waals surface area contributed by atoms with Gasteiger partial charge in [0.05, 0.1) is 24.3 Å². The molecule has 1 saturated carbocycles. The van der Waals surface area contributed by atoms with E-state index in [9.17, 15) is 13.2 Å². The fourth-order valence-electron chi connectivity index (χ4n) is 2.53. The molecule has 0 aliphatic heterocycles. The van der Waals surface area contributed by atoms with Crippen LogP contribution in [0.2, 0.25) is 0 Å². The fraction of sp³-hybridized carbons (Fsp3) is 0.316. The lowest BCUT2D eigenvalue weighted by Gasteiger charge is -2.12. The highest BCUT2D eigenvalue weighted by Gasteiger charge is 2.30. The summed E-state index contributed by atoms with van der Waals surface area (Å²) in [6, 6.07) is 9.46. The highest BCUT2D eigenvalue weighted by atomic mass is 79.9. The van der Waals surface area contributed by atoms with Gasteiger partial charge in [0, 0.05) is 6.04 Å². The van der Waals surface area contributed by atoms with Crippen LogP contribution < -0.4 is 14.2 Å². The van der Waals surface area contributed by atoms with Gasteiger partial charge in [-0.15, -0.1) is 0 Å². The molecule has 0 amide bonds. The summed E-state index contributed by atoms with van der Waals surface area (Å²) >= 11 is 3.38. The fourth-order valence-corrected chi connectivity index (χ4v) is 4.62. The number of hydrogen-bond donors (Lipinski definition) is 1. The van der Waals surface area contributed by atoms with E-state index in [1.807, 2.05) is 0 Å². The van der Waals surface area contributed by atoms with E-state index in [1.165, 1.54) is 25.3 Å². The topological polar surface area (TPSA) is 90.9 Å². The minimum absolute atomic E-state index is 0.0376. The smallest absolute Gasteiger partial charge is 0.338 e. The van der Waals surface area contributed by atoms with Crippen LogP contribution in [0, 0.1) is 0 Å². The summed E-state index contributed by atoms with van der Waals surface area (Å²) in [5.41, 5.74) is 0.891. The van der Waals surface area contributed by atoms with E-state index in [-0.39, 0.29) is 28.9 Å². The lowest BCUT2D eigenvalue weighted by atomic mass is 10.2. The standard InChI is InChI=1S/C19H20BrNO6S/c1-25-16-7-3-12(9-15(16)20)11-27-19(22)13-4-8-17(26-2)18(10-13)28(23,24)21-14-5-6-14/h3-4,7-10,14,21H,5-6,11H2,1-2H3. The van der Waals surface area contributed by atoms with Crippen LogP contribution >= 0.6 is 15.9 Å². The molecule has 0 aromatic heterocycles. The minimum atomic E-state index is -3.78. The summed E-state index contributed by atoms with van der Waals surface area (Å²) in [5.74, 6) is 0.212. The normalized spacial score (nSPS) is 13.8. The van der Waals surface area contributed by atoms with Crippen molar-refractivity contribution in [3.8, 4) is 11.5 Å². The number of esters is 1. The van der Waals surface area contributed by atoms with Crippen molar-refractivity contribution in [3.63, 3.8) is 0 Å².